The van der Waals surface area contributed by atoms with Gasteiger partial charge in [0.05, 0.1) is 17.7 Å². The third-order valence-corrected chi connectivity index (χ3v) is 9.07. The number of fused-ring (bicyclic) bond motifs is 1. The molecule has 5 atom stereocenters. The van der Waals surface area contributed by atoms with E-state index in [1.165, 1.54) is 4.70 Å². The highest BCUT2D eigenvalue weighted by Gasteiger charge is 2.50. The highest BCUT2D eigenvalue weighted by Crippen LogP contribution is 2.38. The molecular weight excluding hydrogens is 600 g/mol. The predicted octanol–water partition coefficient (Wildman–Crippen LogP) is 6.39. The molecule has 2 N–H and O–H groups in total. The van der Waals surface area contributed by atoms with Gasteiger partial charge in [-0.1, -0.05) is 78.3 Å². The van der Waals surface area contributed by atoms with Gasteiger partial charge in [0.15, 0.2) is 12.2 Å². The number of benzene rings is 4. The Morgan fingerprint density at radius 3 is 2.05 bits per heavy atom. The van der Waals surface area contributed by atoms with Crippen LogP contribution in [-0.4, -0.2) is 53.2 Å². The lowest BCUT2D eigenvalue weighted by Crippen LogP contribution is -2.58. The molecule has 1 aliphatic heterocycles. The first-order chi connectivity index (χ1) is 21.4. The van der Waals surface area contributed by atoms with Crippen molar-refractivity contribution in [1.82, 2.24) is 0 Å². The van der Waals surface area contributed by atoms with Crippen LogP contribution in [0.4, 0.5) is 0 Å². The second-order valence-corrected chi connectivity index (χ2v) is 12.1. The molecule has 5 aromatic rings. The fourth-order valence-electron chi connectivity index (χ4n) is 5.36. The molecule has 0 spiro atoms. The molecule has 1 fully saturated rings. The van der Waals surface area contributed by atoms with Gasteiger partial charge in [0.1, 0.15) is 18.3 Å². The predicted molar refractivity (Wildman–Crippen MR) is 168 cm³/mol. The Bertz CT molecular complexity index is 1720. The Morgan fingerprint density at radius 2 is 1.41 bits per heavy atom. The molecule has 224 valence electrons. The number of aliphatic hydroxyl groups is 2. The van der Waals surface area contributed by atoms with Crippen LogP contribution in [0.2, 0.25) is 5.02 Å². The van der Waals surface area contributed by atoms with E-state index >= 15 is 0 Å². The normalized spacial score (nSPS) is 21.6. The van der Waals surface area contributed by atoms with Gasteiger partial charge in [-0.3, -0.25) is 0 Å². The molecule has 0 aliphatic carbocycles. The lowest BCUT2D eigenvalue weighted by atomic mass is 9.89. The maximum Gasteiger partial charge on any atom is 0.338 e. The van der Waals surface area contributed by atoms with Gasteiger partial charge in [-0.15, -0.1) is 11.3 Å². The molecular formula is C35H29ClO7S. The molecule has 0 saturated carbocycles. The summed E-state index contributed by atoms with van der Waals surface area (Å²) in [5.74, 6) is -1.40. The number of hydrogen-bond donors (Lipinski definition) is 2. The Balaban J connectivity index is 1.37. The lowest BCUT2D eigenvalue weighted by molar-refractivity contribution is -0.231. The van der Waals surface area contributed by atoms with Crippen molar-refractivity contribution in [1.29, 1.82) is 0 Å². The molecule has 0 bridgehead atoms. The van der Waals surface area contributed by atoms with Gasteiger partial charge in [-0.05, 0) is 59.0 Å². The number of ether oxygens (including phenoxy) is 3. The van der Waals surface area contributed by atoms with Crippen molar-refractivity contribution >= 4 is 45.0 Å². The third kappa shape index (κ3) is 6.40. The SMILES string of the molecule is O=C(O[C@H]1[C@H](O)[C@@H](CO)OC(c2ccc(Cl)c(Cc3cc4ccccc4s3)c2)[C@@H]1OC(=O)c1ccccc1)c1ccccc1. The molecule has 1 aliphatic rings. The Kier molecular flexibility index (Phi) is 9.07. The Morgan fingerprint density at radius 1 is 0.795 bits per heavy atom. The van der Waals surface area contributed by atoms with E-state index in [-0.39, 0.29) is 11.1 Å². The average molecular weight is 629 g/mol. The summed E-state index contributed by atoms with van der Waals surface area (Å²) in [7, 11) is 0. The van der Waals surface area contributed by atoms with Crippen molar-refractivity contribution in [2.45, 2.75) is 36.9 Å². The number of aliphatic hydroxyl groups excluding tert-OH is 2. The summed E-state index contributed by atoms with van der Waals surface area (Å²) in [6.07, 6.45) is -5.68. The Hall–Kier alpha value is -4.05. The molecule has 9 heteroatoms. The van der Waals surface area contributed by atoms with Crippen molar-refractivity contribution in [2.75, 3.05) is 6.61 Å². The van der Waals surface area contributed by atoms with Crippen LogP contribution < -0.4 is 0 Å². The molecule has 1 unspecified atom stereocenters. The monoisotopic (exact) mass is 628 g/mol. The van der Waals surface area contributed by atoms with Crippen molar-refractivity contribution in [2.24, 2.45) is 0 Å². The minimum absolute atomic E-state index is 0.258. The minimum atomic E-state index is -1.48. The van der Waals surface area contributed by atoms with E-state index in [1.54, 1.807) is 84.1 Å². The van der Waals surface area contributed by atoms with Crippen LogP contribution in [0.3, 0.4) is 0 Å². The van der Waals surface area contributed by atoms with Crippen LogP contribution in [0.5, 0.6) is 0 Å². The smallest absolute Gasteiger partial charge is 0.338 e. The number of thiophene rings is 1. The maximum atomic E-state index is 13.3. The van der Waals surface area contributed by atoms with Gasteiger partial charge in [0, 0.05) is 21.0 Å². The highest BCUT2D eigenvalue weighted by molar-refractivity contribution is 7.19. The molecule has 0 amide bonds. The summed E-state index contributed by atoms with van der Waals surface area (Å²) in [6.45, 7) is -0.557. The van der Waals surface area contributed by atoms with Crippen molar-refractivity contribution in [3.63, 3.8) is 0 Å². The fourth-order valence-corrected chi connectivity index (χ4v) is 6.63. The van der Waals surface area contributed by atoms with E-state index in [9.17, 15) is 19.8 Å². The number of carbonyl (C=O) groups excluding carboxylic acids is 2. The summed E-state index contributed by atoms with van der Waals surface area (Å²) >= 11 is 8.33. The molecule has 44 heavy (non-hydrogen) atoms. The molecule has 6 rings (SSSR count). The summed E-state index contributed by atoms with van der Waals surface area (Å²) < 4.78 is 19.1. The Labute approximate surface area is 263 Å². The van der Waals surface area contributed by atoms with Gasteiger partial charge < -0.3 is 24.4 Å². The van der Waals surface area contributed by atoms with Crippen LogP contribution in [0, 0.1) is 0 Å². The summed E-state index contributed by atoms with van der Waals surface area (Å²) in [4.78, 5) is 27.6. The van der Waals surface area contributed by atoms with Crippen LogP contribution in [0.25, 0.3) is 10.1 Å². The molecule has 1 aromatic heterocycles. The molecule has 4 aromatic carbocycles. The average Bonchev–Trinajstić information content (AvgIpc) is 3.47. The summed E-state index contributed by atoms with van der Waals surface area (Å²) in [5, 5.41) is 23.1. The number of halogens is 1. The van der Waals surface area contributed by atoms with Gasteiger partial charge in [-0.2, -0.15) is 0 Å². The zero-order valence-electron chi connectivity index (χ0n) is 23.4. The summed E-state index contributed by atoms with van der Waals surface area (Å²) in [6, 6.07) is 32.3. The van der Waals surface area contributed by atoms with E-state index in [0.29, 0.717) is 17.0 Å². The van der Waals surface area contributed by atoms with Crippen LogP contribution >= 0.6 is 22.9 Å². The first kappa shape index (κ1) is 30.0. The number of esters is 2. The van der Waals surface area contributed by atoms with Crippen LogP contribution in [0.15, 0.2) is 109 Å². The van der Waals surface area contributed by atoms with E-state index in [0.717, 1.165) is 15.8 Å². The maximum absolute atomic E-state index is 13.3. The molecule has 1 saturated heterocycles. The largest absolute Gasteiger partial charge is 0.452 e. The van der Waals surface area contributed by atoms with E-state index in [4.69, 9.17) is 25.8 Å². The van der Waals surface area contributed by atoms with Gasteiger partial charge in [0.2, 0.25) is 0 Å². The lowest BCUT2D eigenvalue weighted by Gasteiger charge is -2.43. The van der Waals surface area contributed by atoms with Gasteiger partial charge in [0.25, 0.3) is 0 Å². The van der Waals surface area contributed by atoms with Gasteiger partial charge >= 0.3 is 11.9 Å². The second kappa shape index (κ2) is 13.3. The first-order valence-electron chi connectivity index (χ1n) is 14.1. The fraction of sp³-hybridized carbons (Fsp3) is 0.200. The minimum Gasteiger partial charge on any atom is -0.452 e. The number of hydrogen-bond acceptors (Lipinski definition) is 8. The standard InChI is InChI=1S/C35H29ClO7S/c36-27-16-15-24(17-25(27)19-26-18-23-13-7-8-14-29(23)44-26)31-33(43-35(40)22-11-5-2-6-12-22)32(30(38)28(20-37)41-31)42-34(39)21-9-3-1-4-10-21/h1-18,28,30-33,37-38H,19-20H2/t28-,30-,31?,32+,33+/m1/s1. The van der Waals surface area contributed by atoms with Crippen molar-refractivity contribution in [3.8, 4) is 0 Å². The molecule has 7 nitrogen and oxygen atoms in total. The van der Waals surface area contributed by atoms with E-state index in [2.05, 4.69) is 18.2 Å². The quantitative estimate of drug-likeness (QED) is 0.192. The zero-order chi connectivity index (χ0) is 30.6. The summed E-state index contributed by atoms with van der Waals surface area (Å²) in [5.41, 5.74) is 1.94. The number of carbonyl (C=O) groups is 2. The second-order valence-electron chi connectivity index (χ2n) is 10.5. The van der Waals surface area contributed by atoms with Crippen LogP contribution in [0.1, 0.15) is 42.8 Å². The van der Waals surface area contributed by atoms with E-state index in [1.807, 2.05) is 18.2 Å². The van der Waals surface area contributed by atoms with Crippen LogP contribution in [-0.2, 0) is 20.6 Å². The first-order valence-corrected chi connectivity index (χ1v) is 15.3. The van der Waals surface area contributed by atoms with Crippen molar-refractivity contribution < 1.29 is 34.0 Å². The zero-order valence-corrected chi connectivity index (χ0v) is 25.0. The molecule has 2 heterocycles. The third-order valence-electron chi connectivity index (χ3n) is 7.59. The van der Waals surface area contributed by atoms with Gasteiger partial charge in [-0.25, -0.2) is 9.59 Å². The van der Waals surface area contributed by atoms with Crippen molar-refractivity contribution in [3.05, 3.63) is 141 Å². The number of rotatable bonds is 8. The highest BCUT2D eigenvalue weighted by atomic mass is 35.5. The topological polar surface area (TPSA) is 102 Å². The molecule has 0 radical (unpaired) electrons. The van der Waals surface area contributed by atoms with E-state index < -0.39 is 49.1 Å².